The average molecular weight is 264 g/mol. The highest BCUT2D eigenvalue weighted by Crippen LogP contribution is 2.23. The van der Waals surface area contributed by atoms with E-state index >= 15 is 0 Å². The van der Waals surface area contributed by atoms with Crippen molar-refractivity contribution < 1.29 is 9.90 Å². The number of nitriles is 1. The molecule has 0 unspecified atom stereocenters. The van der Waals surface area contributed by atoms with Gasteiger partial charge in [0.2, 0.25) is 0 Å². The number of carboxylic acids is 1. The third-order valence-electron chi connectivity index (χ3n) is 2.42. The molecule has 0 bridgehead atoms. The topological polar surface area (TPSA) is 74.0 Å². The quantitative estimate of drug-likeness (QED) is 0.605. The third kappa shape index (κ3) is 4.38. The van der Waals surface area contributed by atoms with Gasteiger partial charge in [0.25, 0.3) is 0 Å². The lowest BCUT2D eigenvalue weighted by Crippen LogP contribution is -2.04. The number of aromatic carboxylic acids is 1. The maximum absolute atomic E-state index is 11.0. The maximum Gasteiger partial charge on any atom is 0.355 e. The zero-order chi connectivity index (χ0) is 13.4. The van der Waals surface area contributed by atoms with Gasteiger partial charge in [-0.1, -0.05) is 6.92 Å². The fourth-order valence-corrected chi connectivity index (χ4v) is 2.40. The van der Waals surface area contributed by atoms with Crippen LogP contribution in [0.15, 0.2) is 17.2 Å². The summed E-state index contributed by atoms with van der Waals surface area (Å²) in [5.41, 5.74) is 1.16. The molecular weight excluding hydrogens is 248 g/mol. The predicted molar refractivity (Wildman–Crippen MR) is 70.8 cm³/mol. The predicted octanol–water partition coefficient (Wildman–Crippen LogP) is 3.13. The van der Waals surface area contributed by atoms with Crippen molar-refractivity contribution in [3.8, 4) is 6.07 Å². The van der Waals surface area contributed by atoms with Crippen molar-refractivity contribution in [3.63, 3.8) is 0 Å². The van der Waals surface area contributed by atoms with E-state index in [9.17, 15) is 4.79 Å². The van der Waals surface area contributed by atoms with E-state index in [0.29, 0.717) is 6.42 Å². The second-order valence-corrected chi connectivity index (χ2v) is 5.10. The Balaban J connectivity index is 2.74. The number of hydrogen-bond acceptors (Lipinski definition) is 4. The van der Waals surface area contributed by atoms with E-state index in [0.717, 1.165) is 35.5 Å². The molecule has 0 aliphatic rings. The molecule has 0 amide bonds. The van der Waals surface area contributed by atoms with Gasteiger partial charge in [-0.2, -0.15) is 5.26 Å². The molecule has 1 rings (SSSR count). The summed E-state index contributed by atoms with van der Waals surface area (Å²) in [4.78, 5) is 15.7. The monoisotopic (exact) mass is 264 g/mol. The molecule has 1 aromatic rings. The van der Waals surface area contributed by atoms with Crippen molar-refractivity contribution in [2.24, 2.45) is 0 Å². The second-order valence-electron chi connectivity index (χ2n) is 3.79. The van der Waals surface area contributed by atoms with Gasteiger partial charge in [0.1, 0.15) is 0 Å². The van der Waals surface area contributed by atoms with Crippen LogP contribution in [-0.4, -0.2) is 21.8 Å². The third-order valence-corrected chi connectivity index (χ3v) is 3.33. The molecule has 1 aromatic heterocycles. The Labute approximate surface area is 111 Å². The van der Waals surface area contributed by atoms with E-state index in [1.54, 1.807) is 6.20 Å². The first-order valence-electron chi connectivity index (χ1n) is 5.91. The Morgan fingerprint density at radius 2 is 2.33 bits per heavy atom. The zero-order valence-corrected chi connectivity index (χ0v) is 11.2. The van der Waals surface area contributed by atoms with Crippen molar-refractivity contribution in [2.75, 3.05) is 5.75 Å². The van der Waals surface area contributed by atoms with Gasteiger partial charge in [0, 0.05) is 17.5 Å². The number of aromatic nitrogens is 1. The molecule has 0 spiro atoms. The minimum Gasteiger partial charge on any atom is -0.476 e. The summed E-state index contributed by atoms with van der Waals surface area (Å²) in [6, 6.07) is 4.01. The number of aryl methyl sites for hydroxylation is 1. The highest BCUT2D eigenvalue weighted by atomic mass is 32.2. The van der Waals surface area contributed by atoms with Gasteiger partial charge in [-0.3, -0.25) is 0 Å². The molecule has 18 heavy (non-hydrogen) atoms. The molecule has 0 aliphatic carbocycles. The van der Waals surface area contributed by atoms with E-state index in [2.05, 4.69) is 11.1 Å². The van der Waals surface area contributed by atoms with Crippen molar-refractivity contribution in [3.05, 3.63) is 23.5 Å². The van der Waals surface area contributed by atoms with Crippen LogP contribution in [0.4, 0.5) is 0 Å². The number of rotatable bonds is 7. The number of carboxylic acid groups (broad SMARTS) is 1. The molecular formula is C13H16N2O2S. The lowest BCUT2D eigenvalue weighted by atomic mass is 10.1. The number of unbranched alkanes of at least 4 members (excludes halogenated alkanes) is 2. The Kier molecular flexibility index (Phi) is 6.23. The van der Waals surface area contributed by atoms with Crippen LogP contribution >= 0.6 is 11.8 Å². The van der Waals surface area contributed by atoms with Crippen LogP contribution in [0, 0.1) is 11.3 Å². The summed E-state index contributed by atoms with van der Waals surface area (Å²) in [6.07, 6.45) is 4.82. The summed E-state index contributed by atoms with van der Waals surface area (Å²) >= 11 is 1.49. The van der Waals surface area contributed by atoms with E-state index in [1.807, 2.05) is 13.0 Å². The first-order valence-corrected chi connectivity index (χ1v) is 6.89. The van der Waals surface area contributed by atoms with Crippen molar-refractivity contribution in [1.29, 1.82) is 5.26 Å². The molecule has 5 heteroatoms. The normalized spacial score (nSPS) is 10.0. The van der Waals surface area contributed by atoms with Crippen molar-refractivity contribution in [2.45, 2.75) is 37.5 Å². The summed E-state index contributed by atoms with van der Waals surface area (Å²) < 4.78 is 0. The van der Waals surface area contributed by atoms with E-state index in [-0.39, 0.29) is 5.69 Å². The Bertz CT molecular complexity index is 455. The SMILES string of the molecule is CCSc1cc(CCCCC#N)cnc1C(=O)O. The van der Waals surface area contributed by atoms with Gasteiger partial charge >= 0.3 is 5.97 Å². The summed E-state index contributed by atoms with van der Waals surface area (Å²) in [5, 5.41) is 17.5. The van der Waals surface area contributed by atoms with Crippen LogP contribution in [0.25, 0.3) is 0 Å². The van der Waals surface area contributed by atoms with Crippen LogP contribution in [0.5, 0.6) is 0 Å². The fourth-order valence-electron chi connectivity index (χ4n) is 1.58. The molecule has 4 nitrogen and oxygen atoms in total. The maximum atomic E-state index is 11.0. The van der Waals surface area contributed by atoms with Gasteiger partial charge < -0.3 is 5.11 Å². The largest absolute Gasteiger partial charge is 0.476 e. The van der Waals surface area contributed by atoms with Gasteiger partial charge in [0.15, 0.2) is 5.69 Å². The van der Waals surface area contributed by atoms with Crippen LogP contribution < -0.4 is 0 Å². The second kappa shape index (κ2) is 7.72. The smallest absolute Gasteiger partial charge is 0.355 e. The molecule has 1 heterocycles. The van der Waals surface area contributed by atoms with Gasteiger partial charge in [-0.15, -0.1) is 11.8 Å². The van der Waals surface area contributed by atoms with E-state index in [1.165, 1.54) is 11.8 Å². The minimum atomic E-state index is -0.984. The molecule has 0 saturated heterocycles. The Morgan fingerprint density at radius 3 is 2.94 bits per heavy atom. The lowest BCUT2D eigenvalue weighted by Gasteiger charge is -2.06. The molecule has 0 aromatic carbocycles. The molecule has 96 valence electrons. The van der Waals surface area contributed by atoms with E-state index in [4.69, 9.17) is 10.4 Å². The molecule has 0 atom stereocenters. The number of carbonyl (C=O) groups is 1. The van der Waals surface area contributed by atoms with Crippen molar-refractivity contribution >= 4 is 17.7 Å². The van der Waals surface area contributed by atoms with Crippen LogP contribution in [0.1, 0.15) is 42.2 Å². The van der Waals surface area contributed by atoms with Crippen LogP contribution in [0.2, 0.25) is 0 Å². The van der Waals surface area contributed by atoms with Crippen molar-refractivity contribution in [1.82, 2.24) is 4.98 Å². The molecule has 0 aliphatic heterocycles. The first-order chi connectivity index (χ1) is 8.69. The lowest BCUT2D eigenvalue weighted by molar-refractivity contribution is 0.0686. The van der Waals surface area contributed by atoms with Gasteiger partial charge in [-0.05, 0) is 36.6 Å². The summed E-state index contributed by atoms with van der Waals surface area (Å²) in [6.45, 7) is 1.98. The van der Waals surface area contributed by atoms with Crippen LogP contribution in [0.3, 0.4) is 0 Å². The number of hydrogen-bond donors (Lipinski definition) is 1. The average Bonchev–Trinajstić information content (AvgIpc) is 2.35. The highest BCUT2D eigenvalue weighted by Gasteiger charge is 2.12. The minimum absolute atomic E-state index is 0.127. The number of nitrogens with zero attached hydrogens (tertiary/aromatic N) is 2. The standard InChI is InChI=1S/C13H16N2O2S/c1-2-18-11-8-10(6-4-3-5-7-14)9-15-12(11)13(16)17/h8-9H,2-6H2,1H3,(H,16,17). The molecule has 0 fully saturated rings. The number of thioether (sulfide) groups is 1. The highest BCUT2D eigenvalue weighted by molar-refractivity contribution is 7.99. The summed E-state index contributed by atoms with van der Waals surface area (Å²) in [5.74, 6) is -0.165. The zero-order valence-electron chi connectivity index (χ0n) is 10.3. The summed E-state index contributed by atoms with van der Waals surface area (Å²) in [7, 11) is 0. The molecule has 0 radical (unpaired) electrons. The molecule has 0 saturated carbocycles. The van der Waals surface area contributed by atoms with Gasteiger partial charge in [-0.25, -0.2) is 9.78 Å². The first kappa shape index (κ1) is 14.5. The van der Waals surface area contributed by atoms with Gasteiger partial charge in [0.05, 0.1) is 6.07 Å². The van der Waals surface area contributed by atoms with E-state index < -0.39 is 5.97 Å². The van der Waals surface area contributed by atoms with Crippen LogP contribution in [-0.2, 0) is 6.42 Å². The Morgan fingerprint density at radius 1 is 1.56 bits per heavy atom. The number of pyridine rings is 1. The fraction of sp³-hybridized carbons (Fsp3) is 0.462. The molecule has 1 N–H and O–H groups in total. The Hall–Kier alpha value is -1.54.